The number of nitrogens with zero attached hydrogens (tertiary/aromatic N) is 2. The maximum absolute atomic E-state index is 2.49. The smallest absolute Gasteiger partial charge is 0.0533 e. The van der Waals surface area contributed by atoms with Crippen LogP contribution in [0.15, 0.2) is 121 Å². The number of anilines is 2. The average Bonchev–Trinajstić information content (AvgIpc) is 3.52. The molecule has 0 radical (unpaired) electrons. The monoisotopic (exact) mass is 767 g/mol. The molecule has 58 heavy (non-hydrogen) atoms. The van der Waals surface area contributed by atoms with Gasteiger partial charge in [-0.1, -0.05) is 159 Å². The van der Waals surface area contributed by atoms with Gasteiger partial charge in [0.2, 0.25) is 0 Å². The minimum absolute atomic E-state index is 0.0187. The summed E-state index contributed by atoms with van der Waals surface area (Å²) in [4.78, 5) is 4.68. The Balaban J connectivity index is 1.16. The zero-order valence-corrected chi connectivity index (χ0v) is 38.3. The quantitative estimate of drug-likeness (QED) is 0.200. The predicted octanol–water partition coefficient (Wildman–Crippen LogP) is 15.2. The lowest BCUT2D eigenvalue weighted by molar-refractivity contribution is 0.579. The van der Waals surface area contributed by atoms with E-state index in [2.05, 4.69) is 230 Å². The molecule has 0 aromatic heterocycles. The highest BCUT2D eigenvalue weighted by atomic mass is 15.1. The first-order valence-corrected chi connectivity index (χ1v) is 21.5. The van der Waals surface area contributed by atoms with Crippen LogP contribution in [0.1, 0.15) is 155 Å². The van der Waals surface area contributed by atoms with E-state index in [-0.39, 0.29) is 32.5 Å². The second-order valence-electron chi connectivity index (χ2n) is 22.6. The number of hydrogen-bond acceptors (Lipinski definition) is 2. The van der Waals surface area contributed by atoms with Crippen molar-refractivity contribution in [3.8, 4) is 22.3 Å². The van der Waals surface area contributed by atoms with Crippen molar-refractivity contribution in [2.75, 3.05) is 9.80 Å². The summed E-state index contributed by atoms with van der Waals surface area (Å²) in [6, 6.07) is 24.2. The third kappa shape index (κ3) is 6.47. The molecule has 0 N–H and O–H groups in total. The Morgan fingerprint density at radius 2 is 0.655 bits per heavy atom. The van der Waals surface area contributed by atoms with Crippen LogP contribution >= 0.6 is 0 Å². The molecule has 4 aromatic rings. The Bertz CT molecular complexity index is 2320. The molecule has 0 unspecified atom stereocenters. The summed E-state index contributed by atoms with van der Waals surface area (Å²) >= 11 is 0. The summed E-state index contributed by atoms with van der Waals surface area (Å²) in [5.41, 5.74) is 21.6. The fraction of sp³-hybridized carbons (Fsp3) is 0.393. The van der Waals surface area contributed by atoms with Gasteiger partial charge in [-0.2, -0.15) is 0 Å². The highest BCUT2D eigenvalue weighted by Crippen LogP contribution is 2.56. The summed E-state index contributed by atoms with van der Waals surface area (Å²) < 4.78 is 0. The second-order valence-corrected chi connectivity index (χ2v) is 22.6. The lowest BCUT2D eigenvalue weighted by atomic mass is 9.77. The molecule has 2 aliphatic carbocycles. The van der Waals surface area contributed by atoms with E-state index in [0.29, 0.717) is 0 Å². The minimum Gasteiger partial charge on any atom is -0.323 e. The molecule has 0 amide bonds. The van der Waals surface area contributed by atoms with E-state index in [9.17, 15) is 0 Å². The summed E-state index contributed by atoms with van der Waals surface area (Å²) in [5, 5.41) is 0. The molecule has 4 aliphatic rings. The molecule has 2 heteroatoms. The molecular weight excluding hydrogens is 701 g/mol. The van der Waals surface area contributed by atoms with Gasteiger partial charge in [0.25, 0.3) is 0 Å². The molecule has 0 atom stereocenters. The van der Waals surface area contributed by atoms with Gasteiger partial charge < -0.3 is 9.80 Å². The first-order chi connectivity index (χ1) is 26.8. The fourth-order valence-electron chi connectivity index (χ4n) is 9.42. The topological polar surface area (TPSA) is 6.48 Å². The van der Waals surface area contributed by atoms with Crippen LogP contribution in [0, 0.1) is 0 Å². The van der Waals surface area contributed by atoms with Crippen molar-refractivity contribution >= 4 is 11.4 Å². The third-order valence-electron chi connectivity index (χ3n) is 13.5. The van der Waals surface area contributed by atoms with Crippen molar-refractivity contribution in [1.82, 2.24) is 0 Å². The third-order valence-corrected chi connectivity index (χ3v) is 13.5. The predicted molar refractivity (Wildman–Crippen MR) is 251 cm³/mol. The van der Waals surface area contributed by atoms with Gasteiger partial charge in [-0.15, -0.1) is 0 Å². The average molecular weight is 767 g/mol. The molecule has 8 rings (SSSR count). The summed E-state index contributed by atoms with van der Waals surface area (Å²) in [6.07, 6.45) is 18.2. The summed E-state index contributed by atoms with van der Waals surface area (Å²) in [7, 11) is 0. The van der Waals surface area contributed by atoms with Crippen molar-refractivity contribution in [3.05, 3.63) is 165 Å². The van der Waals surface area contributed by atoms with Gasteiger partial charge in [0.05, 0.1) is 11.4 Å². The van der Waals surface area contributed by atoms with Crippen molar-refractivity contribution in [2.24, 2.45) is 0 Å². The van der Waals surface area contributed by atoms with E-state index >= 15 is 0 Å². The van der Waals surface area contributed by atoms with Gasteiger partial charge in [0.1, 0.15) is 0 Å². The van der Waals surface area contributed by atoms with Crippen LogP contribution < -0.4 is 9.80 Å². The highest BCUT2D eigenvalue weighted by molar-refractivity contribution is 5.93. The van der Waals surface area contributed by atoms with Crippen LogP contribution in [0.25, 0.3) is 22.3 Å². The number of hydrogen-bond donors (Lipinski definition) is 0. The molecule has 2 aliphatic heterocycles. The standard InChI is InChI=1S/C56H66N2/c1-51(2,3)37-17-19-41-43(29-37)55(13,14)45-31-39(53(7,8)9)33-47(49(41)45)57-25-21-35(22-26-57)36-23-27-58(28-24-36)48-34-40(54(10,11)12)32-46-50(48)42-20-18-38(52(4,5)6)30-44(42)56(46,15)16/h17-34H,1-16H3. The van der Waals surface area contributed by atoms with Crippen molar-refractivity contribution in [2.45, 2.75) is 143 Å². The highest BCUT2D eigenvalue weighted by Gasteiger charge is 2.41. The van der Waals surface area contributed by atoms with E-state index in [1.807, 2.05) is 0 Å². The van der Waals surface area contributed by atoms with Crippen LogP contribution in [0.3, 0.4) is 0 Å². The number of fused-ring (bicyclic) bond motifs is 6. The van der Waals surface area contributed by atoms with Gasteiger partial charge in [-0.05, 0) is 125 Å². The van der Waals surface area contributed by atoms with Gasteiger partial charge >= 0.3 is 0 Å². The lowest BCUT2D eigenvalue weighted by Gasteiger charge is -2.30. The molecule has 0 bridgehead atoms. The van der Waals surface area contributed by atoms with Crippen molar-refractivity contribution in [3.63, 3.8) is 0 Å². The lowest BCUT2D eigenvalue weighted by Crippen LogP contribution is -2.20. The molecule has 0 saturated carbocycles. The summed E-state index contributed by atoms with van der Waals surface area (Å²) in [5.74, 6) is 0. The van der Waals surface area contributed by atoms with Crippen LogP contribution in [-0.2, 0) is 32.5 Å². The first-order valence-electron chi connectivity index (χ1n) is 21.5. The van der Waals surface area contributed by atoms with Crippen molar-refractivity contribution in [1.29, 1.82) is 0 Å². The van der Waals surface area contributed by atoms with Crippen LogP contribution in [-0.4, -0.2) is 0 Å². The van der Waals surface area contributed by atoms with E-state index < -0.39 is 0 Å². The molecule has 2 heterocycles. The number of allylic oxidation sites excluding steroid dienone is 6. The number of benzene rings is 4. The largest absolute Gasteiger partial charge is 0.323 e. The maximum Gasteiger partial charge on any atom is 0.0533 e. The Kier molecular flexibility index (Phi) is 8.85. The van der Waals surface area contributed by atoms with E-state index in [1.54, 1.807) is 0 Å². The minimum atomic E-state index is -0.0957. The Morgan fingerprint density at radius 3 is 0.948 bits per heavy atom. The normalized spacial score (nSPS) is 17.9. The molecule has 300 valence electrons. The Labute approximate surface area is 350 Å². The van der Waals surface area contributed by atoms with Crippen LogP contribution in [0.5, 0.6) is 0 Å². The maximum atomic E-state index is 2.49. The Hall–Kier alpha value is -4.82. The zero-order chi connectivity index (χ0) is 42.1. The van der Waals surface area contributed by atoms with Crippen LogP contribution in [0.2, 0.25) is 0 Å². The second kappa shape index (κ2) is 12.8. The molecular formula is C56H66N2. The summed E-state index contributed by atoms with van der Waals surface area (Å²) in [6.45, 7) is 37.5. The van der Waals surface area contributed by atoms with E-state index in [1.165, 1.54) is 89.3 Å². The van der Waals surface area contributed by atoms with Gasteiger partial charge in [-0.25, -0.2) is 0 Å². The van der Waals surface area contributed by atoms with Crippen molar-refractivity contribution < 1.29 is 0 Å². The van der Waals surface area contributed by atoms with Gasteiger partial charge in [-0.3, -0.25) is 0 Å². The first kappa shape index (κ1) is 40.0. The molecule has 0 spiro atoms. The molecule has 0 saturated heterocycles. The van der Waals surface area contributed by atoms with Crippen LogP contribution in [0.4, 0.5) is 11.4 Å². The molecule has 4 aromatic carbocycles. The number of rotatable bonds is 2. The Morgan fingerprint density at radius 1 is 0.362 bits per heavy atom. The van der Waals surface area contributed by atoms with Gasteiger partial charge in [0, 0.05) is 46.8 Å². The van der Waals surface area contributed by atoms with E-state index in [0.717, 1.165) is 0 Å². The van der Waals surface area contributed by atoms with Gasteiger partial charge in [0.15, 0.2) is 0 Å². The van der Waals surface area contributed by atoms with E-state index in [4.69, 9.17) is 0 Å². The zero-order valence-electron chi connectivity index (χ0n) is 38.3. The SMILES string of the molecule is CC(C)(C)c1ccc2c(c1)C(C)(C)c1cc(C(C)(C)C)cc(N3C=CC(=C4C=CN(c5cc(C(C)(C)C)cc6c5-c5ccc(C(C)(C)C)cc5C6(C)C)C=C4)C=C3)c1-2. The fourth-order valence-corrected chi connectivity index (χ4v) is 9.42. The molecule has 2 nitrogen and oxygen atoms in total. The molecule has 0 fully saturated rings.